The molecule has 0 aliphatic heterocycles. The molecule has 0 fully saturated rings. The molecule has 1 heterocycles. The minimum Gasteiger partial charge on any atom is -0.378 e. The maximum Gasteiger partial charge on any atom is 0.271 e. The molecule has 1 amide bonds. The summed E-state index contributed by atoms with van der Waals surface area (Å²) in [6.45, 7) is 0. The molecule has 0 atom stereocenters. The minimum absolute atomic E-state index is 0.242. The van der Waals surface area contributed by atoms with Gasteiger partial charge in [-0.2, -0.15) is 5.10 Å². The number of rotatable bonds is 5. The summed E-state index contributed by atoms with van der Waals surface area (Å²) in [6.07, 6.45) is 3.64. The number of nitrogens with one attached hydrogen (secondary N) is 1. The number of carbonyl (C=O) groups is 1. The van der Waals surface area contributed by atoms with Crippen LogP contribution < -0.4 is 10.3 Å². The average Bonchev–Trinajstić information content (AvgIpc) is 3.22. The van der Waals surface area contributed by atoms with Crippen LogP contribution in [0.5, 0.6) is 0 Å². The maximum absolute atomic E-state index is 12.4. The van der Waals surface area contributed by atoms with Gasteiger partial charge in [0.05, 0.1) is 11.9 Å². The van der Waals surface area contributed by atoms with E-state index in [4.69, 9.17) is 0 Å². The summed E-state index contributed by atoms with van der Waals surface area (Å²) in [5.74, 6) is -0.242. The van der Waals surface area contributed by atoms with Gasteiger partial charge in [-0.1, -0.05) is 36.4 Å². The second kappa shape index (κ2) is 8.02. The Morgan fingerprint density at radius 1 is 0.931 bits per heavy atom. The third-order valence-corrected chi connectivity index (χ3v) is 4.78. The molecule has 29 heavy (non-hydrogen) atoms. The molecule has 5 nitrogen and oxygen atoms in total. The Balaban J connectivity index is 1.52. The molecule has 0 saturated carbocycles. The molecule has 4 aromatic rings. The lowest BCUT2D eigenvalue weighted by atomic mass is 10.1. The van der Waals surface area contributed by atoms with E-state index in [9.17, 15) is 4.79 Å². The van der Waals surface area contributed by atoms with E-state index in [0.29, 0.717) is 5.56 Å². The SMILES string of the molecule is CN(C)c1cccc(C(=O)N/N=C/c2cccn2-c2ccc3ccccc3c2)c1. The molecule has 0 radical (unpaired) electrons. The van der Waals surface area contributed by atoms with Gasteiger partial charge in [-0.05, 0) is 53.2 Å². The number of benzene rings is 3. The molecule has 0 spiro atoms. The highest BCUT2D eigenvalue weighted by Crippen LogP contribution is 2.19. The Morgan fingerprint density at radius 2 is 1.76 bits per heavy atom. The van der Waals surface area contributed by atoms with Gasteiger partial charge >= 0.3 is 0 Å². The third-order valence-electron chi connectivity index (χ3n) is 4.78. The van der Waals surface area contributed by atoms with E-state index in [1.165, 1.54) is 10.8 Å². The lowest BCUT2D eigenvalue weighted by Gasteiger charge is -2.12. The van der Waals surface area contributed by atoms with Crippen molar-refractivity contribution in [1.29, 1.82) is 0 Å². The van der Waals surface area contributed by atoms with Crippen LogP contribution in [0.3, 0.4) is 0 Å². The number of hydrogen-bond acceptors (Lipinski definition) is 3. The molecule has 0 unspecified atom stereocenters. The molecule has 0 aliphatic rings. The molecule has 144 valence electrons. The minimum atomic E-state index is -0.242. The summed E-state index contributed by atoms with van der Waals surface area (Å²) in [5.41, 5.74) is 6.06. The number of carbonyl (C=O) groups excluding carboxylic acids is 1. The maximum atomic E-state index is 12.4. The van der Waals surface area contributed by atoms with Gasteiger partial charge in [0.25, 0.3) is 5.91 Å². The van der Waals surface area contributed by atoms with Crippen molar-refractivity contribution in [2.45, 2.75) is 0 Å². The first-order valence-electron chi connectivity index (χ1n) is 9.39. The second-order valence-corrected chi connectivity index (χ2v) is 6.98. The van der Waals surface area contributed by atoms with Crippen LogP contribution in [0.15, 0.2) is 90.2 Å². The highest BCUT2D eigenvalue weighted by molar-refractivity contribution is 5.95. The predicted octanol–water partition coefficient (Wildman–Crippen LogP) is 4.46. The summed E-state index contributed by atoms with van der Waals surface area (Å²) in [4.78, 5) is 14.4. The standard InChI is InChI=1S/C24H22N4O/c1-27(2)21-10-5-9-20(16-21)24(29)26-25-17-23-11-6-14-28(23)22-13-12-18-7-3-4-8-19(18)15-22/h3-17H,1-2H3,(H,26,29)/b25-17+. The van der Waals surface area contributed by atoms with Crippen LogP contribution >= 0.6 is 0 Å². The van der Waals surface area contributed by atoms with Crippen LogP contribution in [0.4, 0.5) is 5.69 Å². The molecule has 0 aliphatic carbocycles. The summed E-state index contributed by atoms with van der Waals surface area (Å²) in [7, 11) is 3.88. The summed E-state index contributed by atoms with van der Waals surface area (Å²) in [6, 6.07) is 25.9. The number of fused-ring (bicyclic) bond motifs is 1. The number of nitrogens with zero attached hydrogens (tertiary/aromatic N) is 3. The fraction of sp³-hybridized carbons (Fsp3) is 0.0833. The number of amides is 1. The first-order chi connectivity index (χ1) is 14.1. The summed E-state index contributed by atoms with van der Waals surface area (Å²) in [5, 5.41) is 6.53. The van der Waals surface area contributed by atoms with Gasteiger partial charge in [-0.15, -0.1) is 0 Å². The van der Waals surface area contributed by atoms with Crippen molar-refractivity contribution in [2.24, 2.45) is 5.10 Å². The van der Waals surface area contributed by atoms with Crippen molar-refractivity contribution < 1.29 is 4.79 Å². The fourth-order valence-electron chi connectivity index (χ4n) is 3.21. The lowest BCUT2D eigenvalue weighted by molar-refractivity contribution is 0.0955. The molecule has 1 N–H and O–H groups in total. The molecule has 0 saturated heterocycles. The van der Waals surface area contributed by atoms with Crippen molar-refractivity contribution in [1.82, 2.24) is 9.99 Å². The van der Waals surface area contributed by atoms with E-state index >= 15 is 0 Å². The fourth-order valence-corrected chi connectivity index (χ4v) is 3.21. The lowest BCUT2D eigenvalue weighted by Crippen LogP contribution is -2.18. The van der Waals surface area contributed by atoms with Gasteiger partial charge < -0.3 is 9.47 Å². The van der Waals surface area contributed by atoms with E-state index in [1.54, 1.807) is 12.3 Å². The highest BCUT2D eigenvalue weighted by atomic mass is 16.2. The quantitative estimate of drug-likeness (QED) is 0.409. The van der Waals surface area contributed by atoms with E-state index in [-0.39, 0.29) is 5.91 Å². The first kappa shape index (κ1) is 18.5. The van der Waals surface area contributed by atoms with Crippen LogP contribution in [-0.4, -0.2) is 30.8 Å². The summed E-state index contributed by atoms with van der Waals surface area (Å²) >= 11 is 0. The van der Waals surface area contributed by atoms with Crippen molar-refractivity contribution in [3.8, 4) is 5.69 Å². The highest BCUT2D eigenvalue weighted by Gasteiger charge is 2.07. The third kappa shape index (κ3) is 4.04. The first-order valence-corrected chi connectivity index (χ1v) is 9.39. The van der Waals surface area contributed by atoms with Gasteiger partial charge in [-0.3, -0.25) is 4.79 Å². The number of aromatic nitrogens is 1. The van der Waals surface area contributed by atoms with Gasteiger partial charge in [-0.25, -0.2) is 5.43 Å². The Labute approximate surface area is 169 Å². The largest absolute Gasteiger partial charge is 0.378 e. The van der Waals surface area contributed by atoms with E-state index in [1.807, 2.05) is 72.2 Å². The van der Waals surface area contributed by atoms with Crippen LogP contribution in [-0.2, 0) is 0 Å². The van der Waals surface area contributed by atoms with Crippen LogP contribution in [0, 0.1) is 0 Å². The molecular weight excluding hydrogens is 360 g/mol. The van der Waals surface area contributed by atoms with E-state index < -0.39 is 0 Å². The molecule has 4 rings (SSSR count). The number of hydrogen-bond donors (Lipinski definition) is 1. The van der Waals surface area contributed by atoms with Crippen LogP contribution in [0.2, 0.25) is 0 Å². The van der Waals surface area contributed by atoms with Crippen molar-refractivity contribution in [3.05, 3.63) is 96.3 Å². The Morgan fingerprint density at radius 3 is 2.59 bits per heavy atom. The Hall–Kier alpha value is -3.86. The van der Waals surface area contributed by atoms with Crippen LogP contribution in [0.1, 0.15) is 16.1 Å². The van der Waals surface area contributed by atoms with Gasteiger partial charge in [0.15, 0.2) is 0 Å². The van der Waals surface area contributed by atoms with Crippen LogP contribution in [0.25, 0.3) is 16.5 Å². The smallest absolute Gasteiger partial charge is 0.271 e. The number of hydrazone groups is 1. The molecular formula is C24H22N4O. The van der Waals surface area contributed by atoms with Gasteiger partial charge in [0.2, 0.25) is 0 Å². The normalized spacial score (nSPS) is 11.1. The zero-order chi connectivity index (χ0) is 20.2. The van der Waals surface area contributed by atoms with Crippen molar-refractivity contribution in [2.75, 3.05) is 19.0 Å². The van der Waals surface area contributed by atoms with Gasteiger partial charge in [0.1, 0.15) is 0 Å². The van der Waals surface area contributed by atoms with Crippen molar-refractivity contribution in [3.63, 3.8) is 0 Å². The summed E-state index contributed by atoms with van der Waals surface area (Å²) < 4.78 is 2.04. The predicted molar refractivity (Wildman–Crippen MR) is 119 cm³/mol. The topological polar surface area (TPSA) is 49.6 Å². The van der Waals surface area contributed by atoms with E-state index in [2.05, 4.69) is 40.9 Å². The van der Waals surface area contributed by atoms with E-state index in [0.717, 1.165) is 17.1 Å². The average molecular weight is 382 g/mol. The Bertz CT molecular complexity index is 1190. The Kier molecular flexibility index (Phi) is 5.12. The second-order valence-electron chi connectivity index (χ2n) is 6.98. The zero-order valence-corrected chi connectivity index (χ0v) is 16.4. The molecule has 0 bridgehead atoms. The van der Waals surface area contributed by atoms with Gasteiger partial charge in [0, 0.05) is 37.2 Å². The molecule has 3 aromatic carbocycles. The zero-order valence-electron chi connectivity index (χ0n) is 16.4. The molecule has 5 heteroatoms. The molecule has 1 aromatic heterocycles. The number of anilines is 1. The monoisotopic (exact) mass is 382 g/mol. The van der Waals surface area contributed by atoms with Crippen molar-refractivity contribution >= 4 is 28.6 Å².